The summed E-state index contributed by atoms with van der Waals surface area (Å²) in [6.45, 7) is 5.61. The Kier molecular flexibility index (Phi) is 3.63. The molecule has 2 unspecified atom stereocenters. The van der Waals surface area contributed by atoms with Crippen LogP contribution in [0.25, 0.3) is 0 Å². The second-order valence-corrected chi connectivity index (χ2v) is 4.88. The highest BCUT2D eigenvalue weighted by Gasteiger charge is 2.24. The molecule has 0 amide bonds. The van der Waals surface area contributed by atoms with E-state index in [4.69, 9.17) is 5.73 Å². The molecule has 1 aromatic rings. The summed E-state index contributed by atoms with van der Waals surface area (Å²) in [6, 6.07) is 0.261. The molecule has 0 aromatic carbocycles. The lowest BCUT2D eigenvalue weighted by atomic mass is 9.91. The molecule has 1 aliphatic heterocycles. The maximum absolute atomic E-state index is 9.38. The number of hydrogen-bond donors (Lipinski definition) is 3. The number of aromatic nitrogens is 3. The number of aromatic amines is 1. The van der Waals surface area contributed by atoms with Crippen molar-refractivity contribution in [3.8, 4) is 0 Å². The van der Waals surface area contributed by atoms with Crippen molar-refractivity contribution < 1.29 is 5.11 Å². The van der Waals surface area contributed by atoms with Crippen LogP contribution in [0.15, 0.2) is 0 Å². The summed E-state index contributed by atoms with van der Waals surface area (Å²) < 4.78 is 0. The minimum Gasteiger partial charge on any atom is -0.385 e. The first-order valence-corrected chi connectivity index (χ1v) is 6.19. The Morgan fingerprint density at radius 3 is 2.53 bits per heavy atom. The number of nitrogens with zero attached hydrogens (tertiary/aromatic N) is 3. The van der Waals surface area contributed by atoms with E-state index in [-0.39, 0.29) is 6.04 Å². The third-order valence-corrected chi connectivity index (χ3v) is 3.45. The number of aliphatic hydroxyl groups excluding tert-OH is 1. The van der Waals surface area contributed by atoms with Gasteiger partial charge in [0.2, 0.25) is 5.95 Å². The van der Waals surface area contributed by atoms with Crippen LogP contribution in [0.4, 0.5) is 5.95 Å². The molecule has 1 saturated heterocycles. The van der Waals surface area contributed by atoms with Gasteiger partial charge in [-0.3, -0.25) is 5.10 Å². The molecule has 0 bridgehead atoms. The lowest BCUT2D eigenvalue weighted by molar-refractivity contribution is 0.189. The Balaban J connectivity index is 1.96. The van der Waals surface area contributed by atoms with Crippen molar-refractivity contribution >= 4 is 5.95 Å². The van der Waals surface area contributed by atoms with E-state index in [1.54, 1.807) is 6.92 Å². The van der Waals surface area contributed by atoms with Crippen molar-refractivity contribution in [2.45, 2.75) is 38.8 Å². The summed E-state index contributed by atoms with van der Waals surface area (Å²) in [5, 5.41) is 16.3. The van der Waals surface area contributed by atoms with Gasteiger partial charge in [0.1, 0.15) is 6.10 Å². The van der Waals surface area contributed by atoms with Crippen molar-refractivity contribution in [2.24, 2.45) is 11.7 Å². The summed E-state index contributed by atoms with van der Waals surface area (Å²) in [7, 11) is 0. The van der Waals surface area contributed by atoms with Gasteiger partial charge in [-0.1, -0.05) is 0 Å². The second-order valence-electron chi connectivity index (χ2n) is 4.88. The van der Waals surface area contributed by atoms with E-state index in [9.17, 15) is 5.11 Å². The van der Waals surface area contributed by atoms with Gasteiger partial charge in [0.15, 0.2) is 5.82 Å². The van der Waals surface area contributed by atoms with E-state index in [2.05, 4.69) is 27.0 Å². The second kappa shape index (κ2) is 5.01. The Bertz CT molecular complexity index is 354. The number of aliphatic hydroxyl groups is 1. The van der Waals surface area contributed by atoms with E-state index >= 15 is 0 Å². The fourth-order valence-electron chi connectivity index (χ4n) is 2.22. The zero-order valence-corrected chi connectivity index (χ0v) is 10.4. The maximum atomic E-state index is 9.38. The Morgan fingerprint density at radius 1 is 1.41 bits per heavy atom. The number of anilines is 1. The Hall–Kier alpha value is -1.14. The molecule has 1 fully saturated rings. The van der Waals surface area contributed by atoms with Gasteiger partial charge in [-0.15, -0.1) is 5.10 Å². The Morgan fingerprint density at radius 2 is 2.06 bits per heavy atom. The Labute approximate surface area is 101 Å². The number of nitrogens with two attached hydrogens (primary N) is 1. The molecule has 6 heteroatoms. The van der Waals surface area contributed by atoms with Crippen LogP contribution in [0.1, 0.15) is 38.6 Å². The van der Waals surface area contributed by atoms with Gasteiger partial charge in [-0.2, -0.15) is 4.98 Å². The summed E-state index contributed by atoms with van der Waals surface area (Å²) in [6.07, 6.45) is 1.56. The van der Waals surface area contributed by atoms with Gasteiger partial charge in [-0.05, 0) is 32.6 Å². The number of nitrogens with one attached hydrogen (secondary N) is 1. The zero-order valence-electron chi connectivity index (χ0n) is 10.4. The van der Waals surface area contributed by atoms with Crippen LogP contribution in [0.2, 0.25) is 0 Å². The van der Waals surface area contributed by atoms with Gasteiger partial charge in [0.05, 0.1) is 0 Å². The van der Waals surface area contributed by atoms with E-state index in [0.717, 1.165) is 25.9 Å². The van der Waals surface area contributed by atoms with Crippen LogP contribution in [-0.2, 0) is 0 Å². The third-order valence-electron chi connectivity index (χ3n) is 3.45. The van der Waals surface area contributed by atoms with Crippen molar-refractivity contribution in [3.05, 3.63) is 5.82 Å². The topological polar surface area (TPSA) is 91.1 Å². The standard InChI is InChI=1S/C11H21N5O/c1-7(12)9-3-5-16(6-4-9)11-13-10(8(2)17)14-15-11/h7-9,17H,3-6,12H2,1-2H3,(H,13,14,15). The number of rotatable bonds is 3. The molecule has 0 saturated carbocycles. The van der Waals surface area contributed by atoms with E-state index in [1.807, 2.05) is 0 Å². The highest BCUT2D eigenvalue weighted by atomic mass is 16.3. The van der Waals surface area contributed by atoms with Crippen LogP contribution in [0.5, 0.6) is 0 Å². The number of piperidine rings is 1. The molecule has 1 aliphatic rings. The predicted octanol–water partition coefficient (Wildman–Crippen LogP) is 0.422. The molecule has 2 rings (SSSR count). The lowest BCUT2D eigenvalue weighted by Gasteiger charge is -2.32. The molecular weight excluding hydrogens is 218 g/mol. The monoisotopic (exact) mass is 239 g/mol. The fourth-order valence-corrected chi connectivity index (χ4v) is 2.22. The molecule has 96 valence electrons. The normalized spacial score (nSPS) is 21.5. The maximum Gasteiger partial charge on any atom is 0.244 e. The van der Waals surface area contributed by atoms with Gasteiger partial charge >= 0.3 is 0 Å². The first-order chi connectivity index (χ1) is 8.08. The highest BCUT2D eigenvalue weighted by Crippen LogP contribution is 2.22. The highest BCUT2D eigenvalue weighted by molar-refractivity contribution is 5.29. The predicted molar refractivity (Wildman–Crippen MR) is 65.6 cm³/mol. The third kappa shape index (κ3) is 2.76. The van der Waals surface area contributed by atoms with Gasteiger partial charge in [-0.25, -0.2) is 0 Å². The van der Waals surface area contributed by atoms with Gasteiger partial charge in [0, 0.05) is 19.1 Å². The van der Waals surface area contributed by atoms with Crippen LogP contribution in [-0.4, -0.2) is 39.4 Å². The summed E-state index contributed by atoms with van der Waals surface area (Å²) >= 11 is 0. The molecule has 6 nitrogen and oxygen atoms in total. The SMILES string of the molecule is CC(O)c1nc(N2CCC(C(C)N)CC2)n[nH]1. The quantitative estimate of drug-likeness (QED) is 0.711. The average Bonchev–Trinajstić information content (AvgIpc) is 2.78. The van der Waals surface area contributed by atoms with E-state index in [1.165, 1.54) is 0 Å². The molecule has 2 atom stereocenters. The van der Waals surface area contributed by atoms with E-state index < -0.39 is 6.10 Å². The average molecular weight is 239 g/mol. The van der Waals surface area contributed by atoms with Gasteiger partial charge in [0.25, 0.3) is 0 Å². The molecule has 1 aromatic heterocycles. The van der Waals surface area contributed by atoms with Crippen molar-refractivity contribution in [3.63, 3.8) is 0 Å². The molecule has 17 heavy (non-hydrogen) atoms. The van der Waals surface area contributed by atoms with Crippen molar-refractivity contribution in [2.75, 3.05) is 18.0 Å². The first-order valence-electron chi connectivity index (χ1n) is 6.19. The molecule has 4 N–H and O–H groups in total. The van der Waals surface area contributed by atoms with Crippen LogP contribution >= 0.6 is 0 Å². The molecule has 2 heterocycles. The van der Waals surface area contributed by atoms with Gasteiger partial charge < -0.3 is 15.7 Å². The van der Waals surface area contributed by atoms with E-state index in [0.29, 0.717) is 17.7 Å². The zero-order chi connectivity index (χ0) is 12.4. The summed E-state index contributed by atoms with van der Waals surface area (Å²) in [5.41, 5.74) is 5.91. The smallest absolute Gasteiger partial charge is 0.244 e. The molecule has 0 spiro atoms. The summed E-state index contributed by atoms with van der Waals surface area (Å²) in [4.78, 5) is 6.42. The number of H-pyrrole nitrogens is 1. The van der Waals surface area contributed by atoms with Crippen LogP contribution < -0.4 is 10.6 Å². The van der Waals surface area contributed by atoms with Crippen LogP contribution in [0, 0.1) is 5.92 Å². The van der Waals surface area contributed by atoms with Crippen molar-refractivity contribution in [1.29, 1.82) is 0 Å². The van der Waals surface area contributed by atoms with Crippen molar-refractivity contribution in [1.82, 2.24) is 15.2 Å². The van der Waals surface area contributed by atoms with Crippen LogP contribution in [0.3, 0.4) is 0 Å². The molecule has 0 radical (unpaired) electrons. The fraction of sp³-hybridized carbons (Fsp3) is 0.818. The largest absolute Gasteiger partial charge is 0.385 e. The first kappa shape index (κ1) is 12.3. The minimum atomic E-state index is -0.599. The lowest BCUT2D eigenvalue weighted by Crippen LogP contribution is -2.40. The minimum absolute atomic E-state index is 0.261. The summed E-state index contributed by atoms with van der Waals surface area (Å²) in [5.74, 6) is 1.81. The number of hydrogen-bond acceptors (Lipinski definition) is 5. The molecule has 0 aliphatic carbocycles. The molecular formula is C11H21N5O.